The fourth-order valence-corrected chi connectivity index (χ4v) is 0.947. The molecule has 0 saturated heterocycles. The van der Waals surface area contributed by atoms with E-state index in [2.05, 4.69) is 13.5 Å². The normalized spacial score (nSPS) is 15.5. The molecule has 2 heteroatoms. The first-order chi connectivity index (χ1) is 6.11. The van der Waals surface area contributed by atoms with E-state index in [0.29, 0.717) is 12.3 Å². The molecule has 0 aromatic heterocycles. The lowest BCUT2D eigenvalue weighted by molar-refractivity contribution is -0.140. The summed E-state index contributed by atoms with van der Waals surface area (Å²) in [4.78, 5) is 10.6. The van der Waals surface area contributed by atoms with Gasteiger partial charge in [-0.2, -0.15) is 0 Å². The molecule has 0 fully saturated rings. The van der Waals surface area contributed by atoms with Gasteiger partial charge in [0.15, 0.2) is 0 Å². The van der Waals surface area contributed by atoms with E-state index in [1.54, 1.807) is 6.08 Å². The molecule has 13 heavy (non-hydrogen) atoms. The maximum absolute atomic E-state index is 10.6. The van der Waals surface area contributed by atoms with Crippen LogP contribution in [0.4, 0.5) is 0 Å². The second-order valence-corrected chi connectivity index (χ2v) is 3.23. The highest BCUT2D eigenvalue weighted by molar-refractivity contribution is 5.71. The van der Waals surface area contributed by atoms with Crippen LogP contribution in [-0.2, 0) is 4.79 Å². The largest absolute Gasteiger partial charge is 0.481 e. The lowest BCUT2D eigenvalue weighted by Crippen LogP contribution is -2.09. The number of carbonyl (C=O) groups is 1. The Morgan fingerprint density at radius 2 is 2.23 bits per heavy atom. The molecule has 0 heterocycles. The number of aliphatic carboxylic acids is 1. The van der Waals surface area contributed by atoms with Gasteiger partial charge in [0.2, 0.25) is 0 Å². The van der Waals surface area contributed by atoms with E-state index in [-0.39, 0.29) is 5.92 Å². The average molecular weight is 182 g/mol. The lowest BCUT2D eigenvalue weighted by atomic mass is 10.0. The highest BCUT2D eigenvalue weighted by Crippen LogP contribution is 2.08. The number of allylic oxidation sites excluding steroid dienone is 2. The third-order valence-corrected chi connectivity index (χ3v) is 2.04. The van der Waals surface area contributed by atoms with Crippen LogP contribution in [-0.4, -0.2) is 11.1 Å². The predicted octanol–water partition coefficient (Wildman–Crippen LogP) is 2.87. The average Bonchev–Trinajstić information content (AvgIpc) is 2.11. The van der Waals surface area contributed by atoms with Crippen molar-refractivity contribution in [1.82, 2.24) is 0 Å². The summed E-state index contributed by atoms with van der Waals surface area (Å²) in [5.74, 6) is -0.662. The summed E-state index contributed by atoms with van der Waals surface area (Å²) in [7, 11) is 0. The van der Waals surface area contributed by atoms with Gasteiger partial charge in [-0.15, -0.1) is 6.58 Å². The summed E-state index contributed by atoms with van der Waals surface area (Å²) < 4.78 is 0. The number of carboxylic acid groups (broad SMARTS) is 1. The number of rotatable bonds is 6. The van der Waals surface area contributed by atoms with E-state index >= 15 is 0 Å². The van der Waals surface area contributed by atoms with Crippen LogP contribution in [0, 0.1) is 11.8 Å². The minimum atomic E-state index is -0.745. The Morgan fingerprint density at radius 3 is 2.62 bits per heavy atom. The second-order valence-electron chi connectivity index (χ2n) is 3.23. The monoisotopic (exact) mass is 182 g/mol. The van der Waals surface area contributed by atoms with Gasteiger partial charge in [0, 0.05) is 0 Å². The van der Waals surface area contributed by atoms with Crippen LogP contribution in [0.3, 0.4) is 0 Å². The van der Waals surface area contributed by atoms with Crippen molar-refractivity contribution in [3.05, 3.63) is 24.8 Å². The van der Waals surface area contributed by atoms with E-state index in [0.717, 1.165) is 6.42 Å². The molecule has 0 rings (SSSR count). The zero-order chi connectivity index (χ0) is 10.3. The van der Waals surface area contributed by atoms with Crippen LogP contribution in [0.2, 0.25) is 0 Å². The quantitative estimate of drug-likeness (QED) is 0.641. The Bertz CT molecular complexity index is 194. The molecule has 74 valence electrons. The zero-order valence-corrected chi connectivity index (χ0v) is 8.36. The molecule has 0 aromatic rings. The fraction of sp³-hybridized carbons (Fsp3) is 0.545. The lowest BCUT2D eigenvalue weighted by Gasteiger charge is -2.03. The summed E-state index contributed by atoms with van der Waals surface area (Å²) in [6.07, 6.45) is 7.07. The van der Waals surface area contributed by atoms with Crippen molar-refractivity contribution >= 4 is 5.97 Å². The first-order valence-electron chi connectivity index (χ1n) is 4.63. The molecular weight excluding hydrogens is 164 g/mol. The molecule has 0 aromatic carbocycles. The van der Waals surface area contributed by atoms with Crippen LogP contribution < -0.4 is 0 Å². The van der Waals surface area contributed by atoms with E-state index in [1.807, 2.05) is 19.1 Å². The Kier molecular flexibility index (Phi) is 5.94. The van der Waals surface area contributed by atoms with Gasteiger partial charge >= 0.3 is 5.97 Å². The van der Waals surface area contributed by atoms with Gasteiger partial charge in [-0.05, 0) is 18.8 Å². The summed E-state index contributed by atoms with van der Waals surface area (Å²) in [6, 6.07) is 0. The molecule has 0 radical (unpaired) electrons. The molecule has 1 N–H and O–H groups in total. The topological polar surface area (TPSA) is 37.3 Å². The van der Waals surface area contributed by atoms with Gasteiger partial charge in [0.05, 0.1) is 5.92 Å². The highest BCUT2D eigenvalue weighted by Gasteiger charge is 2.09. The van der Waals surface area contributed by atoms with Gasteiger partial charge < -0.3 is 5.11 Å². The first kappa shape index (κ1) is 11.9. The molecular formula is C11H18O2. The molecule has 0 amide bonds. The van der Waals surface area contributed by atoms with Crippen molar-refractivity contribution in [2.24, 2.45) is 11.8 Å². The fourth-order valence-electron chi connectivity index (χ4n) is 0.947. The van der Waals surface area contributed by atoms with Crippen molar-refractivity contribution in [2.75, 3.05) is 0 Å². The first-order valence-corrected chi connectivity index (χ1v) is 4.63. The summed E-state index contributed by atoms with van der Waals surface area (Å²) in [6.45, 7) is 7.59. The molecule has 0 bridgehead atoms. The van der Waals surface area contributed by atoms with Gasteiger partial charge in [-0.25, -0.2) is 0 Å². The zero-order valence-electron chi connectivity index (χ0n) is 8.36. The maximum atomic E-state index is 10.6. The van der Waals surface area contributed by atoms with Crippen LogP contribution in [0.25, 0.3) is 0 Å². The Labute approximate surface area is 80.0 Å². The third-order valence-electron chi connectivity index (χ3n) is 2.04. The van der Waals surface area contributed by atoms with E-state index in [4.69, 9.17) is 5.11 Å². The summed E-state index contributed by atoms with van der Waals surface area (Å²) in [5.41, 5.74) is 0. The van der Waals surface area contributed by atoms with Gasteiger partial charge in [-0.3, -0.25) is 4.79 Å². The van der Waals surface area contributed by atoms with Crippen molar-refractivity contribution < 1.29 is 9.90 Å². The van der Waals surface area contributed by atoms with E-state index in [9.17, 15) is 4.79 Å². The van der Waals surface area contributed by atoms with Crippen LogP contribution >= 0.6 is 0 Å². The van der Waals surface area contributed by atoms with Gasteiger partial charge in [0.25, 0.3) is 0 Å². The standard InChI is InChI=1S/C11H18O2/c1-4-9(3)7-6-8-10(5-2)11(12)13/h4,6,8-10H,1,5,7H2,2-3H3,(H,12,13). The summed E-state index contributed by atoms with van der Waals surface area (Å²) >= 11 is 0. The molecule has 2 nitrogen and oxygen atoms in total. The molecule has 0 saturated carbocycles. The van der Waals surface area contributed by atoms with Gasteiger partial charge in [0.1, 0.15) is 0 Å². The number of carboxylic acids is 1. The van der Waals surface area contributed by atoms with Gasteiger partial charge in [-0.1, -0.05) is 32.1 Å². The molecule has 0 aliphatic carbocycles. The third kappa shape index (κ3) is 5.23. The Balaban J connectivity index is 3.93. The second kappa shape index (κ2) is 6.46. The molecule has 2 atom stereocenters. The SMILES string of the molecule is C=CC(C)CC=CC(CC)C(=O)O. The maximum Gasteiger partial charge on any atom is 0.310 e. The molecule has 0 aliphatic rings. The molecule has 0 aliphatic heterocycles. The minimum Gasteiger partial charge on any atom is -0.481 e. The van der Waals surface area contributed by atoms with Crippen molar-refractivity contribution in [3.63, 3.8) is 0 Å². The highest BCUT2D eigenvalue weighted by atomic mass is 16.4. The minimum absolute atomic E-state index is 0.336. The molecule has 0 spiro atoms. The van der Waals surface area contributed by atoms with Crippen LogP contribution in [0.5, 0.6) is 0 Å². The van der Waals surface area contributed by atoms with Crippen LogP contribution in [0.15, 0.2) is 24.8 Å². The number of hydrogen-bond acceptors (Lipinski definition) is 1. The van der Waals surface area contributed by atoms with E-state index in [1.165, 1.54) is 0 Å². The Hall–Kier alpha value is -1.05. The van der Waals surface area contributed by atoms with Crippen molar-refractivity contribution in [1.29, 1.82) is 0 Å². The van der Waals surface area contributed by atoms with Crippen LogP contribution in [0.1, 0.15) is 26.7 Å². The van der Waals surface area contributed by atoms with E-state index < -0.39 is 5.97 Å². The van der Waals surface area contributed by atoms with Crippen molar-refractivity contribution in [3.8, 4) is 0 Å². The Morgan fingerprint density at radius 1 is 1.62 bits per heavy atom. The smallest absolute Gasteiger partial charge is 0.310 e. The predicted molar refractivity (Wildman–Crippen MR) is 54.5 cm³/mol. The number of hydrogen-bond donors (Lipinski definition) is 1. The van der Waals surface area contributed by atoms with Crippen molar-refractivity contribution in [2.45, 2.75) is 26.7 Å². The molecule has 2 unspecified atom stereocenters. The summed E-state index contributed by atoms with van der Waals surface area (Å²) in [5, 5.41) is 8.72.